The Morgan fingerprint density at radius 2 is 2.00 bits per heavy atom. The molecule has 1 aromatic rings. The summed E-state index contributed by atoms with van der Waals surface area (Å²) in [5, 5.41) is 11.5. The number of piperidine rings is 1. The zero-order valence-corrected chi connectivity index (χ0v) is 8.79. The number of hydrogen-bond acceptors (Lipinski definition) is 4. The van der Waals surface area contributed by atoms with Crippen LogP contribution in [0, 0.1) is 0 Å². The van der Waals surface area contributed by atoms with Crippen molar-refractivity contribution in [1.82, 2.24) is 15.5 Å². The van der Waals surface area contributed by atoms with E-state index in [1.807, 2.05) is 0 Å². The highest BCUT2D eigenvalue weighted by molar-refractivity contribution is 4.95. The molecule has 4 heteroatoms. The van der Waals surface area contributed by atoms with Crippen molar-refractivity contribution in [3.8, 4) is 0 Å². The van der Waals surface area contributed by atoms with E-state index < -0.39 is 0 Å². The molecule has 1 fully saturated rings. The first kappa shape index (κ1) is 9.65. The van der Waals surface area contributed by atoms with E-state index in [2.05, 4.69) is 29.4 Å². The van der Waals surface area contributed by atoms with Gasteiger partial charge in [0.15, 0.2) is 0 Å². The molecule has 1 saturated heterocycles. The Hall–Kier alpha value is -0.900. The van der Waals surface area contributed by atoms with Crippen LogP contribution in [-0.4, -0.2) is 23.3 Å². The van der Waals surface area contributed by atoms with Crippen molar-refractivity contribution >= 4 is 0 Å². The number of rotatable bonds is 2. The van der Waals surface area contributed by atoms with Gasteiger partial charge in [-0.05, 0) is 25.9 Å². The third kappa shape index (κ3) is 1.95. The molecule has 0 bridgehead atoms. The first-order valence-corrected chi connectivity index (χ1v) is 5.31. The topological polar surface area (TPSA) is 51.0 Å². The fourth-order valence-corrected chi connectivity index (χ4v) is 1.71. The van der Waals surface area contributed by atoms with E-state index in [0.717, 1.165) is 37.7 Å². The molecule has 14 heavy (non-hydrogen) atoms. The van der Waals surface area contributed by atoms with Gasteiger partial charge in [-0.1, -0.05) is 13.8 Å². The van der Waals surface area contributed by atoms with Gasteiger partial charge in [-0.3, -0.25) is 0 Å². The first-order valence-electron chi connectivity index (χ1n) is 5.31. The molecule has 0 atom stereocenters. The molecule has 0 aliphatic carbocycles. The molecule has 2 heterocycles. The Labute approximate surface area is 84.1 Å². The summed E-state index contributed by atoms with van der Waals surface area (Å²) in [5.41, 5.74) is 0. The lowest BCUT2D eigenvalue weighted by molar-refractivity contribution is 0.354. The molecule has 0 amide bonds. The molecule has 4 nitrogen and oxygen atoms in total. The van der Waals surface area contributed by atoms with E-state index in [-0.39, 0.29) is 0 Å². The molecule has 78 valence electrons. The maximum absolute atomic E-state index is 5.63. The number of nitrogens with one attached hydrogen (secondary N) is 1. The van der Waals surface area contributed by atoms with Crippen LogP contribution in [0.15, 0.2) is 4.42 Å². The first-order chi connectivity index (χ1) is 6.77. The van der Waals surface area contributed by atoms with Crippen LogP contribution in [0.1, 0.15) is 50.3 Å². The van der Waals surface area contributed by atoms with Crippen LogP contribution < -0.4 is 5.32 Å². The van der Waals surface area contributed by atoms with E-state index in [4.69, 9.17) is 4.42 Å². The van der Waals surface area contributed by atoms with Gasteiger partial charge < -0.3 is 9.73 Å². The van der Waals surface area contributed by atoms with Crippen LogP contribution in [0.2, 0.25) is 0 Å². The van der Waals surface area contributed by atoms with Gasteiger partial charge >= 0.3 is 0 Å². The average molecular weight is 195 g/mol. The van der Waals surface area contributed by atoms with E-state index in [1.54, 1.807) is 0 Å². The largest absolute Gasteiger partial charge is 0.425 e. The maximum Gasteiger partial charge on any atom is 0.219 e. The van der Waals surface area contributed by atoms with Crippen LogP contribution in [-0.2, 0) is 0 Å². The fraction of sp³-hybridized carbons (Fsp3) is 0.800. The van der Waals surface area contributed by atoms with Gasteiger partial charge in [0.2, 0.25) is 11.8 Å². The predicted octanol–water partition coefficient (Wildman–Crippen LogP) is 1.66. The summed E-state index contributed by atoms with van der Waals surface area (Å²) < 4.78 is 5.63. The Bertz CT molecular complexity index is 289. The lowest BCUT2D eigenvalue weighted by Gasteiger charge is -2.18. The summed E-state index contributed by atoms with van der Waals surface area (Å²) in [4.78, 5) is 0. The third-order valence-electron chi connectivity index (χ3n) is 2.64. The van der Waals surface area contributed by atoms with E-state index in [1.165, 1.54) is 0 Å². The van der Waals surface area contributed by atoms with Gasteiger partial charge in [0, 0.05) is 11.8 Å². The third-order valence-corrected chi connectivity index (χ3v) is 2.64. The standard InChI is InChI=1S/C10H17N3O/c1-7(2)9-12-13-10(14-9)8-3-5-11-6-4-8/h7-8,11H,3-6H2,1-2H3. The quantitative estimate of drug-likeness (QED) is 0.779. The molecule has 0 radical (unpaired) electrons. The fourth-order valence-electron chi connectivity index (χ4n) is 1.71. The Morgan fingerprint density at radius 3 is 2.57 bits per heavy atom. The summed E-state index contributed by atoms with van der Waals surface area (Å²) in [5.74, 6) is 2.39. The molecule has 2 rings (SSSR count). The van der Waals surface area contributed by atoms with E-state index >= 15 is 0 Å². The summed E-state index contributed by atoms with van der Waals surface area (Å²) in [6.07, 6.45) is 2.22. The molecule has 1 aliphatic heterocycles. The summed E-state index contributed by atoms with van der Waals surface area (Å²) >= 11 is 0. The highest BCUT2D eigenvalue weighted by atomic mass is 16.4. The van der Waals surface area contributed by atoms with E-state index in [9.17, 15) is 0 Å². The van der Waals surface area contributed by atoms with Crippen molar-refractivity contribution in [2.45, 2.75) is 38.5 Å². The molecule has 0 spiro atoms. The molecule has 1 aliphatic rings. The molecular formula is C10H17N3O. The molecule has 1 N–H and O–H groups in total. The predicted molar refractivity (Wildman–Crippen MR) is 53.2 cm³/mol. The Kier molecular flexibility index (Phi) is 2.82. The average Bonchev–Trinajstić information content (AvgIpc) is 2.68. The molecule has 0 unspecified atom stereocenters. The molecule has 1 aromatic heterocycles. The SMILES string of the molecule is CC(C)c1nnc(C2CCNCC2)o1. The van der Waals surface area contributed by atoms with Crippen molar-refractivity contribution in [1.29, 1.82) is 0 Å². The molecular weight excluding hydrogens is 178 g/mol. The monoisotopic (exact) mass is 195 g/mol. The lowest BCUT2D eigenvalue weighted by Crippen LogP contribution is -2.26. The molecule has 0 aromatic carbocycles. The van der Waals surface area contributed by atoms with Gasteiger partial charge in [0.25, 0.3) is 0 Å². The van der Waals surface area contributed by atoms with Gasteiger partial charge in [0.05, 0.1) is 0 Å². The van der Waals surface area contributed by atoms with Gasteiger partial charge in [-0.2, -0.15) is 0 Å². The lowest BCUT2D eigenvalue weighted by atomic mass is 9.98. The van der Waals surface area contributed by atoms with Crippen molar-refractivity contribution in [2.24, 2.45) is 0 Å². The van der Waals surface area contributed by atoms with Crippen molar-refractivity contribution in [2.75, 3.05) is 13.1 Å². The molecule has 0 saturated carbocycles. The van der Waals surface area contributed by atoms with Gasteiger partial charge in [-0.15, -0.1) is 10.2 Å². The second kappa shape index (κ2) is 4.09. The van der Waals surface area contributed by atoms with E-state index in [0.29, 0.717) is 11.8 Å². The van der Waals surface area contributed by atoms with Crippen LogP contribution in [0.4, 0.5) is 0 Å². The van der Waals surface area contributed by atoms with Gasteiger partial charge in [0.1, 0.15) is 0 Å². The Balaban J connectivity index is 2.07. The zero-order valence-electron chi connectivity index (χ0n) is 8.79. The minimum atomic E-state index is 0.331. The highest BCUT2D eigenvalue weighted by Crippen LogP contribution is 2.25. The summed E-state index contributed by atoms with van der Waals surface area (Å²) in [6.45, 7) is 6.26. The highest BCUT2D eigenvalue weighted by Gasteiger charge is 2.21. The second-order valence-electron chi connectivity index (χ2n) is 4.16. The summed E-state index contributed by atoms with van der Waals surface area (Å²) in [7, 11) is 0. The van der Waals surface area contributed by atoms with Crippen molar-refractivity contribution in [3.63, 3.8) is 0 Å². The van der Waals surface area contributed by atoms with Crippen LogP contribution in [0.5, 0.6) is 0 Å². The second-order valence-corrected chi connectivity index (χ2v) is 4.16. The number of aromatic nitrogens is 2. The minimum absolute atomic E-state index is 0.331. The smallest absolute Gasteiger partial charge is 0.219 e. The van der Waals surface area contributed by atoms with Crippen molar-refractivity contribution in [3.05, 3.63) is 11.8 Å². The van der Waals surface area contributed by atoms with Crippen LogP contribution >= 0.6 is 0 Å². The number of hydrogen-bond donors (Lipinski definition) is 1. The normalized spacial score (nSPS) is 19.1. The Morgan fingerprint density at radius 1 is 1.29 bits per heavy atom. The zero-order chi connectivity index (χ0) is 9.97. The van der Waals surface area contributed by atoms with Crippen LogP contribution in [0.3, 0.4) is 0 Å². The van der Waals surface area contributed by atoms with Crippen LogP contribution in [0.25, 0.3) is 0 Å². The van der Waals surface area contributed by atoms with Crippen molar-refractivity contribution < 1.29 is 4.42 Å². The maximum atomic E-state index is 5.63. The summed E-state index contributed by atoms with van der Waals surface area (Å²) in [6, 6.07) is 0. The van der Waals surface area contributed by atoms with Gasteiger partial charge in [-0.25, -0.2) is 0 Å². The number of nitrogens with zero attached hydrogens (tertiary/aromatic N) is 2. The minimum Gasteiger partial charge on any atom is -0.425 e.